The zero-order valence-corrected chi connectivity index (χ0v) is 6.60. The molecule has 0 spiro atoms. The summed E-state index contributed by atoms with van der Waals surface area (Å²) in [6, 6.07) is 0. The average molecular weight is 228 g/mol. The third kappa shape index (κ3) is 1.83. The Bertz CT molecular complexity index is 235. The van der Waals surface area contributed by atoms with Crippen LogP contribution in [0.1, 0.15) is 6.92 Å². The summed E-state index contributed by atoms with van der Waals surface area (Å²) in [5, 5.41) is 0. The van der Waals surface area contributed by atoms with Crippen LogP contribution in [0.3, 0.4) is 0 Å². The van der Waals surface area contributed by atoms with Crippen LogP contribution in [0.15, 0.2) is 11.9 Å². The van der Waals surface area contributed by atoms with Crippen molar-refractivity contribution in [1.29, 1.82) is 0 Å². The van der Waals surface area contributed by atoms with Crippen LogP contribution in [0.2, 0.25) is 0 Å². The van der Waals surface area contributed by atoms with Crippen molar-refractivity contribution in [2.75, 3.05) is 0 Å². The molecule has 0 N–H and O–H groups in total. The van der Waals surface area contributed by atoms with Gasteiger partial charge in [-0.2, -0.15) is 30.7 Å². The lowest BCUT2D eigenvalue weighted by molar-refractivity contribution is -0.347. The minimum Gasteiger partial charge on any atom is -0.205 e. The van der Waals surface area contributed by atoms with E-state index in [0.717, 1.165) is 0 Å². The second kappa shape index (κ2) is 3.39. The number of hydrogen-bond donors (Lipinski definition) is 0. The standard InChI is InChI=1S/C6H4F8/c1-2-3(7)4(8,9)5(10,11)6(12,13)14/h2H,1H3/b3-2+. The van der Waals surface area contributed by atoms with Crippen molar-refractivity contribution in [3.63, 3.8) is 0 Å². The molecular weight excluding hydrogens is 224 g/mol. The number of allylic oxidation sites excluding steroid dienone is 2. The van der Waals surface area contributed by atoms with Crippen molar-refractivity contribution in [3.05, 3.63) is 11.9 Å². The molecular formula is C6H4F8. The second-order valence-electron chi connectivity index (χ2n) is 2.28. The molecule has 8 heteroatoms. The molecule has 0 nitrogen and oxygen atoms in total. The van der Waals surface area contributed by atoms with Gasteiger partial charge in [0.2, 0.25) is 0 Å². The lowest BCUT2D eigenvalue weighted by atomic mass is 10.1. The fourth-order valence-corrected chi connectivity index (χ4v) is 0.509. The second-order valence-corrected chi connectivity index (χ2v) is 2.28. The van der Waals surface area contributed by atoms with Gasteiger partial charge in [-0.3, -0.25) is 0 Å². The van der Waals surface area contributed by atoms with Crippen LogP contribution in [0.5, 0.6) is 0 Å². The van der Waals surface area contributed by atoms with Gasteiger partial charge in [0.25, 0.3) is 0 Å². The summed E-state index contributed by atoms with van der Waals surface area (Å²) < 4.78 is 94.6. The topological polar surface area (TPSA) is 0 Å². The van der Waals surface area contributed by atoms with E-state index in [4.69, 9.17) is 0 Å². The molecule has 0 aromatic carbocycles. The minimum atomic E-state index is -6.50. The van der Waals surface area contributed by atoms with Crippen LogP contribution in [-0.4, -0.2) is 18.0 Å². The third-order valence-corrected chi connectivity index (χ3v) is 1.30. The summed E-state index contributed by atoms with van der Waals surface area (Å²) in [5.74, 6) is -15.1. The van der Waals surface area contributed by atoms with Gasteiger partial charge in [0.1, 0.15) is 0 Å². The summed E-state index contributed by atoms with van der Waals surface area (Å²) >= 11 is 0. The van der Waals surface area contributed by atoms with Crippen LogP contribution in [-0.2, 0) is 0 Å². The third-order valence-electron chi connectivity index (χ3n) is 1.30. The highest BCUT2D eigenvalue weighted by atomic mass is 19.4. The van der Waals surface area contributed by atoms with E-state index in [2.05, 4.69) is 0 Å². The molecule has 0 rings (SSSR count). The highest BCUT2D eigenvalue weighted by Crippen LogP contribution is 2.49. The summed E-state index contributed by atoms with van der Waals surface area (Å²) in [5.41, 5.74) is 0. The SMILES string of the molecule is C/C=C(/F)C(F)(F)C(F)(F)C(F)(F)F. The maximum Gasteiger partial charge on any atom is 0.460 e. The average Bonchev–Trinajstić information content (AvgIpc) is 2.00. The Morgan fingerprint density at radius 1 is 0.929 bits per heavy atom. The lowest BCUT2D eigenvalue weighted by Crippen LogP contribution is -2.52. The molecule has 0 fully saturated rings. The highest BCUT2D eigenvalue weighted by Gasteiger charge is 2.74. The van der Waals surface area contributed by atoms with E-state index in [-0.39, 0.29) is 6.08 Å². The normalized spacial score (nSPS) is 15.9. The molecule has 0 aliphatic rings. The van der Waals surface area contributed by atoms with Crippen LogP contribution in [0, 0.1) is 0 Å². The molecule has 0 saturated carbocycles. The van der Waals surface area contributed by atoms with Gasteiger partial charge in [0.05, 0.1) is 0 Å². The van der Waals surface area contributed by atoms with E-state index >= 15 is 0 Å². The summed E-state index contributed by atoms with van der Waals surface area (Å²) in [6.07, 6.45) is -6.66. The Hall–Kier alpha value is -0.820. The molecule has 0 aromatic rings. The zero-order valence-electron chi connectivity index (χ0n) is 6.60. The summed E-state index contributed by atoms with van der Waals surface area (Å²) in [6.45, 7) is 0.579. The van der Waals surface area contributed by atoms with Gasteiger partial charge in [-0.05, 0) is 13.0 Å². The van der Waals surface area contributed by atoms with E-state index in [0.29, 0.717) is 6.92 Å². The Morgan fingerprint density at radius 2 is 1.29 bits per heavy atom. The van der Waals surface area contributed by atoms with Crippen molar-refractivity contribution >= 4 is 0 Å². The predicted molar refractivity (Wildman–Crippen MR) is 30.8 cm³/mol. The van der Waals surface area contributed by atoms with Crippen LogP contribution >= 0.6 is 0 Å². The van der Waals surface area contributed by atoms with E-state index in [1.54, 1.807) is 0 Å². The molecule has 0 amide bonds. The fraction of sp³-hybridized carbons (Fsp3) is 0.667. The Kier molecular flexibility index (Phi) is 3.19. The van der Waals surface area contributed by atoms with Gasteiger partial charge in [0, 0.05) is 0 Å². The minimum absolute atomic E-state index is 0.153. The summed E-state index contributed by atoms with van der Waals surface area (Å²) in [4.78, 5) is 0. The summed E-state index contributed by atoms with van der Waals surface area (Å²) in [7, 11) is 0. The van der Waals surface area contributed by atoms with Gasteiger partial charge in [-0.15, -0.1) is 0 Å². The fourth-order valence-electron chi connectivity index (χ4n) is 0.509. The van der Waals surface area contributed by atoms with Gasteiger partial charge < -0.3 is 0 Å². The van der Waals surface area contributed by atoms with E-state index in [1.807, 2.05) is 0 Å². The molecule has 14 heavy (non-hydrogen) atoms. The first-order valence-electron chi connectivity index (χ1n) is 3.13. The highest BCUT2D eigenvalue weighted by molar-refractivity contribution is 5.11. The molecule has 0 unspecified atom stereocenters. The van der Waals surface area contributed by atoms with E-state index in [1.165, 1.54) is 0 Å². The maximum atomic E-state index is 12.2. The van der Waals surface area contributed by atoms with Crippen molar-refractivity contribution in [3.8, 4) is 0 Å². The van der Waals surface area contributed by atoms with Crippen molar-refractivity contribution in [1.82, 2.24) is 0 Å². The van der Waals surface area contributed by atoms with Gasteiger partial charge >= 0.3 is 18.0 Å². The van der Waals surface area contributed by atoms with E-state index in [9.17, 15) is 35.1 Å². The van der Waals surface area contributed by atoms with Crippen molar-refractivity contribution in [2.24, 2.45) is 0 Å². The number of alkyl halides is 7. The molecule has 0 radical (unpaired) electrons. The molecule has 0 aliphatic heterocycles. The van der Waals surface area contributed by atoms with Crippen molar-refractivity contribution in [2.45, 2.75) is 24.9 Å². The largest absolute Gasteiger partial charge is 0.460 e. The van der Waals surface area contributed by atoms with Crippen LogP contribution in [0.4, 0.5) is 35.1 Å². The lowest BCUT2D eigenvalue weighted by Gasteiger charge is -2.26. The predicted octanol–water partition coefficient (Wildman–Crippen LogP) is 3.69. The first-order chi connectivity index (χ1) is 5.98. The molecule has 0 atom stereocenters. The Morgan fingerprint density at radius 3 is 1.50 bits per heavy atom. The van der Waals surface area contributed by atoms with Crippen LogP contribution in [0.25, 0.3) is 0 Å². The molecule has 0 heterocycles. The number of hydrogen-bond acceptors (Lipinski definition) is 0. The number of halogens is 8. The maximum absolute atomic E-state index is 12.2. The molecule has 0 bridgehead atoms. The molecule has 84 valence electrons. The first kappa shape index (κ1) is 13.2. The van der Waals surface area contributed by atoms with E-state index < -0.39 is 23.8 Å². The molecule has 0 saturated heterocycles. The van der Waals surface area contributed by atoms with Crippen molar-refractivity contribution < 1.29 is 35.1 Å². The van der Waals surface area contributed by atoms with Gasteiger partial charge in [0.15, 0.2) is 5.83 Å². The molecule has 0 aromatic heterocycles. The quantitative estimate of drug-likeness (QED) is 0.632. The smallest absolute Gasteiger partial charge is 0.205 e. The Labute approximate surface area is 73.2 Å². The Balaban J connectivity index is 5.29. The van der Waals surface area contributed by atoms with Gasteiger partial charge in [-0.25, -0.2) is 4.39 Å². The zero-order chi connectivity index (χ0) is 11.8. The van der Waals surface area contributed by atoms with Gasteiger partial charge in [-0.1, -0.05) is 0 Å². The monoisotopic (exact) mass is 228 g/mol. The number of rotatable bonds is 2. The molecule has 0 aliphatic carbocycles. The van der Waals surface area contributed by atoms with Crippen LogP contribution < -0.4 is 0 Å². The first-order valence-corrected chi connectivity index (χ1v) is 3.13.